The van der Waals surface area contributed by atoms with Gasteiger partial charge in [0.1, 0.15) is 0 Å². The highest BCUT2D eigenvalue weighted by Gasteiger charge is 2.37. The summed E-state index contributed by atoms with van der Waals surface area (Å²) in [5.74, 6) is -0.276. The summed E-state index contributed by atoms with van der Waals surface area (Å²) < 4.78 is 6.36. The molecule has 0 aliphatic rings. The zero-order chi connectivity index (χ0) is 17.7. The highest BCUT2D eigenvalue weighted by atomic mass is 16.5. The van der Waals surface area contributed by atoms with Crippen molar-refractivity contribution in [2.45, 2.75) is 64.7 Å². The van der Waals surface area contributed by atoms with Crippen LogP contribution in [0, 0.1) is 0 Å². The second-order valence-corrected chi connectivity index (χ2v) is 6.49. The molecule has 1 aromatic heterocycles. The molecule has 0 fully saturated rings. The normalized spacial score (nSPS) is 14.3. The van der Waals surface area contributed by atoms with E-state index in [0.717, 1.165) is 5.56 Å². The van der Waals surface area contributed by atoms with Crippen molar-refractivity contribution < 1.29 is 19.7 Å². The Balaban J connectivity index is 2.76. The predicted molar refractivity (Wildman–Crippen MR) is 87.2 cm³/mol. The van der Waals surface area contributed by atoms with Gasteiger partial charge in [-0.2, -0.15) is 0 Å². The van der Waals surface area contributed by atoms with Crippen molar-refractivity contribution in [2.75, 3.05) is 6.61 Å². The van der Waals surface area contributed by atoms with Crippen molar-refractivity contribution >= 4 is 5.97 Å². The molecule has 0 radical (unpaired) electrons. The number of pyridine rings is 1. The summed E-state index contributed by atoms with van der Waals surface area (Å²) in [4.78, 5) is 23.2. The van der Waals surface area contributed by atoms with Crippen LogP contribution in [0.25, 0.3) is 0 Å². The quantitative estimate of drug-likeness (QED) is 0.702. The van der Waals surface area contributed by atoms with Crippen LogP contribution in [-0.4, -0.2) is 38.6 Å². The Kier molecular flexibility index (Phi) is 6.53. The van der Waals surface area contributed by atoms with Crippen molar-refractivity contribution in [2.24, 2.45) is 0 Å². The van der Waals surface area contributed by atoms with Gasteiger partial charge < -0.3 is 19.5 Å². The van der Waals surface area contributed by atoms with Gasteiger partial charge in [-0.25, -0.2) is 0 Å². The Hall–Kier alpha value is -1.66. The smallest absolute Gasteiger partial charge is 0.305 e. The van der Waals surface area contributed by atoms with E-state index in [4.69, 9.17) is 4.74 Å². The van der Waals surface area contributed by atoms with Crippen LogP contribution < -0.4 is 5.56 Å². The Bertz CT molecular complexity index is 583. The molecule has 0 aliphatic heterocycles. The molecule has 130 valence electrons. The fourth-order valence-corrected chi connectivity index (χ4v) is 2.10. The largest absolute Gasteiger partial charge is 0.466 e. The maximum atomic E-state index is 11.9. The van der Waals surface area contributed by atoms with E-state index in [1.807, 2.05) is 0 Å². The summed E-state index contributed by atoms with van der Waals surface area (Å²) in [5.41, 5.74) is -2.01. The molecule has 0 aliphatic carbocycles. The highest BCUT2D eigenvalue weighted by molar-refractivity contribution is 5.69. The Morgan fingerprint density at radius 3 is 2.48 bits per heavy atom. The first-order chi connectivity index (χ1) is 10.6. The average Bonchev–Trinajstić information content (AvgIpc) is 2.41. The van der Waals surface area contributed by atoms with Gasteiger partial charge in [-0.1, -0.05) is 6.07 Å². The van der Waals surface area contributed by atoms with E-state index < -0.39 is 11.2 Å². The molecular weight excluding hydrogens is 298 g/mol. The van der Waals surface area contributed by atoms with Gasteiger partial charge in [-0.3, -0.25) is 9.59 Å². The Morgan fingerprint density at radius 2 is 1.91 bits per heavy atom. The minimum atomic E-state index is -1.32. The van der Waals surface area contributed by atoms with Crippen LogP contribution in [0.3, 0.4) is 0 Å². The zero-order valence-corrected chi connectivity index (χ0v) is 14.3. The number of hydrogen-bond acceptors (Lipinski definition) is 5. The van der Waals surface area contributed by atoms with E-state index in [1.54, 1.807) is 40.0 Å². The van der Waals surface area contributed by atoms with Gasteiger partial charge in [0.25, 0.3) is 5.56 Å². The number of aryl methyl sites for hydroxylation is 1. The summed E-state index contributed by atoms with van der Waals surface area (Å²) >= 11 is 0. The van der Waals surface area contributed by atoms with Gasteiger partial charge in [0.2, 0.25) is 0 Å². The minimum absolute atomic E-state index is 0.166. The van der Waals surface area contributed by atoms with Gasteiger partial charge in [0.15, 0.2) is 0 Å². The number of nitrogens with zero attached hydrogens (tertiary/aromatic N) is 1. The van der Waals surface area contributed by atoms with E-state index in [9.17, 15) is 19.8 Å². The molecule has 6 heteroatoms. The molecule has 6 nitrogen and oxygen atoms in total. The average molecular weight is 325 g/mol. The van der Waals surface area contributed by atoms with Crippen molar-refractivity contribution in [3.05, 3.63) is 34.2 Å². The summed E-state index contributed by atoms with van der Waals surface area (Å²) in [6.07, 6.45) is 2.64. The van der Waals surface area contributed by atoms with Crippen LogP contribution in [0.2, 0.25) is 0 Å². The molecular formula is C17H27NO5. The number of aliphatic hydroxyl groups is 2. The van der Waals surface area contributed by atoms with Crippen LogP contribution in [0.1, 0.15) is 46.1 Å². The van der Waals surface area contributed by atoms with Gasteiger partial charge in [-0.05, 0) is 39.7 Å². The van der Waals surface area contributed by atoms with Crippen LogP contribution in [-0.2, 0) is 22.5 Å². The SMILES string of the molecule is CCOC(=O)CCCn1cc(CC(C)(O)C(C)(C)O)ccc1=O. The third-order valence-corrected chi connectivity index (χ3v) is 4.00. The Morgan fingerprint density at radius 1 is 1.26 bits per heavy atom. The fourth-order valence-electron chi connectivity index (χ4n) is 2.10. The number of aromatic nitrogens is 1. The summed E-state index contributed by atoms with van der Waals surface area (Å²) in [6, 6.07) is 3.07. The monoisotopic (exact) mass is 325 g/mol. The van der Waals surface area contributed by atoms with Crippen LogP contribution in [0.5, 0.6) is 0 Å². The maximum absolute atomic E-state index is 11.9. The first-order valence-corrected chi connectivity index (χ1v) is 7.86. The number of ether oxygens (including phenoxy) is 1. The molecule has 0 saturated carbocycles. The molecule has 1 unspecified atom stereocenters. The summed E-state index contributed by atoms with van der Waals surface area (Å²) in [5, 5.41) is 20.4. The minimum Gasteiger partial charge on any atom is -0.466 e. The van der Waals surface area contributed by atoms with Crippen LogP contribution >= 0.6 is 0 Å². The molecule has 0 saturated heterocycles. The Labute approximate surface area is 136 Å². The topological polar surface area (TPSA) is 88.8 Å². The van der Waals surface area contributed by atoms with Gasteiger partial charge in [-0.15, -0.1) is 0 Å². The van der Waals surface area contributed by atoms with E-state index in [0.29, 0.717) is 19.6 Å². The van der Waals surface area contributed by atoms with Crippen LogP contribution in [0.15, 0.2) is 23.1 Å². The zero-order valence-electron chi connectivity index (χ0n) is 14.3. The fraction of sp³-hybridized carbons (Fsp3) is 0.647. The standard InChI is InChI=1S/C17H27NO5/c1-5-23-15(20)7-6-10-18-12-13(8-9-14(18)19)11-17(4,22)16(2,3)21/h8-9,12,21-22H,5-7,10-11H2,1-4H3. The van der Waals surface area contributed by atoms with Gasteiger partial charge in [0.05, 0.1) is 17.8 Å². The lowest BCUT2D eigenvalue weighted by Crippen LogP contribution is -2.49. The first kappa shape index (κ1) is 19.4. The number of carbonyl (C=O) groups is 1. The van der Waals surface area contributed by atoms with Crippen molar-refractivity contribution in [1.82, 2.24) is 4.57 Å². The molecule has 23 heavy (non-hydrogen) atoms. The second-order valence-electron chi connectivity index (χ2n) is 6.49. The third-order valence-electron chi connectivity index (χ3n) is 4.00. The van der Waals surface area contributed by atoms with E-state index in [1.165, 1.54) is 10.6 Å². The lowest BCUT2D eigenvalue weighted by atomic mass is 9.83. The molecule has 0 amide bonds. The maximum Gasteiger partial charge on any atom is 0.305 e. The lowest BCUT2D eigenvalue weighted by molar-refractivity contribution is -0.143. The lowest BCUT2D eigenvalue weighted by Gasteiger charge is -2.35. The molecule has 1 atom stereocenters. The predicted octanol–water partition coefficient (Wildman–Crippen LogP) is 1.26. The molecule has 1 aromatic rings. The highest BCUT2D eigenvalue weighted by Crippen LogP contribution is 2.25. The second kappa shape index (κ2) is 7.75. The molecule has 0 spiro atoms. The first-order valence-electron chi connectivity index (χ1n) is 7.86. The molecule has 1 heterocycles. The van der Waals surface area contributed by atoms with Crippen LogP contribution in [0.4, 0.5) is 0 Å². The summed E-state index contributed by atoms with van der Waals surface area (Å²) in [7, 11) is 0. The summed E-state index contributed by atoms with van der Waals surface area (Å²) in [6.45, 7) is 7.14. The van der Waals surface area contributed by atoms with Crippen molar-refractivity contribution in [1.29, 1.82) is 0 Å². The van der Waals surface area contributed by atoms with E-state index in [2.05, 4.69) is 0 Å². The van der Waals surface area contributed by atoms with E-state index >= 15 is 0 Å². The number of hydrogen-bond donors (Lipinski definition) is 2. The number of carbonyl (C=O) groups excluding carboxylic acids is 1. The molecule has 2 N–H and O–H groups in total. The third kappa shape index (κ3) is 5.80. The number of esters is 1. The number of rotatable bonds is 8. The van der Waals surface area contributed by atoms with E-state index in [-0.39, 0.29) is 24.4 Å². The molecule has 1 rings (SSSR count). The van der Waals surface area contributed by atoms with Gasteiger partial charge >= 0.3 is 5.97 Å². The molecule has 0 bridgehead atoms. The van der Waals surface area contributed by atoms with Gasteiger partial charge in [0, 0.05) is 31.6 Å². The van der Waals surface area contributed by atoms with Crippen molar-refractivity contribution in [3.8, 4) is 0 Å². The molecule has 0 aromatic carbocycles. The van der Waals surface area contributed by atoms with Crippen molar-refractivity contribution in [3.63, 3.8) is 0 Å².